The third-order valence-electron chi connectivity index (χ3n) is 2.69. The highest BCUT2D eigenvalue weighted by atomic mass is 19.4. The number of hydrogen-bond donors (Lipinski definition) is 1. The molecular weight excluding hydrogens is 231 g/mol. The molecule has 0 aliphatic carbocycles. The Morgan fingerprint density at radius 1 is 1.24 bits per heavy atom. The van der Waals surface area contributed by atoms with E-state index < -0.39 is 11.9 Å². The molecule has 0 saturated carbocycles. The predicted octanol–water partition coefficient (Wildman–Crippen LogP) is 1.51. The number of halogens is 3. The van der Waals surface area contributed by atoms with E-state index in [-0.39, 0.29) is 0 Å². The van der Waals surface area contributed by atoms with Crippen molar-refractivity contribution in [3.8, 4) is 0 Å². The van der Waals surface area contributed by atoms with Gasteiger partial charge in [-0.25, -0.2) is 4.98 Å². The average molecular weight is 245 g/mol. The van der Waals surface area contributed by atoms with Crippen LogP contribution in [0.4, 0.5) is 13.2 Å². The zero-order valence-electron chi connectivity index (χ0n) is 9.30. The van der Waals surface area contributed by atoms with Crippen molar-refractivity contribution in [3.63, 3.8) is 0 Å². The number of piperazine rings is 1. The number of pyridine rings is 1. The number of nitrogens with one attached hydrogen (secondary N) is 1. The van der Waals surface area contributed by atoms with Crippen molar-refractivity contribution in [1.29, 1.82) is 0 Å². The van der Waals surface area contributed by atoms with Crippen LogP contribution in [-0.4, -0.2) is 36.1 Å². The van der Waals surface area contributed by atoms with Crippen LogP contribution in [0.5, 0.6) is 0 Å². The Hall–Kier alpha value is -1.14. The van der Waals surface area contributed by atoms with E-state index in [0.29, 0.717) is 12.2 Å². The van der Waals surface area contributed by atoms with Gasteiger partial charge in [0.1, 0.15) is 5.69 Å². The first-order valence-electron chi connectivity index (χ1n) is 5.52. The molecule has 1 fully saturated rings. The molecule has 2 heterocycles. The minimum absolute atomic E-state index is 0.474. The summed E-state index contributed by atoms with van der Waals surface area (Å²) in [6.45, 7) is 3.92. The number of aromatic nitrogens is 1. The molecule has 1 aromatic heterocycles. The summed E-state index contributed by atoms with van der Waals surface area (Å²) in [5.74, 6) is 0. The SMILES string of the molecule is FC(F)(F)c1cccc(CN2CCNCC2)n1. The van der Waals surface area contributed by atoms with Gasteiger partial charge in [-0.05, 0) is 12.1 Å². The van der Waals surface area contributed by atoms with Crippen molar-refractivity contribution in [2.45, 2.75) is 12.7 Å². The molecule has 1 aliphatic rings. The number of rotatable bonds is 2. The lowest BCUT2D eigenvalue weighted by Crippen LogP contribution is -2.43. The van der Waals surface area contributed by atoms with Crippen molar-refractivity contribution in [3.05, 3.63) is 29.6 Å². The largest absolute Gasteiger partial charge is 0.433 e. The standard InChI is InChI=1S/C11H14F3N3/c12-11(13,14)10-3-1-2-9(16-10)8-17-6-4-15-5-7-17/h1-3,15H,4-8H2. The maximum absolute atomic E-state index is 12.5. The Morgan fingerprint density at radius 3 is 2.59 bits per heavy atom. The third kappa shape index (κ3) is 3.41. The maximum atomic E-state index is 12.5. The van der Waals surface area contributed by atoms with E-state index in [4.69, 9.17) is 0 Å². The van der Waals surface area contributed by atoms with Gasteiger partial charge in [-0.3, -0.25) is 4.90 Å². The fraction of sp³-hybridized carbons (Fsp3) is 0.545. The second-order valence-corrected chi connectivity index (χ2v) is 4.04. The molecule has 0 atom stereocenters. The van der Waals surface area contributed by atoms with E-state index in [1.165, 1.54) is 6.07 Å². The van der Waals surface area contributed by atoms with E-state index in [0.717, 1.165) is 32.2 Å². The Labute approximate surface area is 97.6 Å². The number of alkyl halides is 3. The molecule has 0 amide bonds. The zero-order chi connectivity index (χ0) is 12.3. The van der Waals surface area contributed by atoms with E-state index in [1.807, 2.05) is 0 Å². The highest BCUT2D eigenvalue weighted by Gasteiger charge is 2.32. The van der Waals surface area contributed by atoms with Crippen LogP contribution in [0.3, 0.4) is 0 Å². The molecule has 2 rings (SSSR count). The van der Waals surface area contributed by atoms with Gasteiger partial charge >= 0.3 is 6.18 Å². The predicted molar refractivity (Wildman–Crippen MR) is 57.4 cm³/mol. The first-order chi connectivity index (χ1) is 8.05. The first-order valence-corrected chi connectivity index (χ1v) is 5.52. The van der Waals surface area contributed by atoms with Gasteiger partial charge < -0.3 is 5.32 Å². The molecule has 0 aromatic carbocycles. The number of hydrogen-bond acceptors (Lipinski definition) is 3. The monoisotopic (exact) mass is 245 g/mol. The minimum Gasteiger partial charge on any atom is -0.314 e. The van der Waals surface area contributed by atoms with E-state index in [1.54, 1.807) is 6.07 Å². The minimum atomic E-state index is -4.36. The van der Waals surface area contributed by atoms with E-state index in [9.17, 15) is 13.2 Å². The Bertz CT molecular complexity index is 372. The third-order valence-corrected chi connectivity index (χ3v) is 2.69. The molecule has 17 heavy (non-hydrogen) atoms. The Morgan fingerprint density at radius 2 is 1.94 bits per heavy atom. The summed E-state index contributed by atoms with van der Waals surface area (Å²) in [6, 6.07) is 4.05. The summed E-state index contributed by atoms with van der Waals surface area (Å²) in [5, 5.41) is 3.19. The molecule has 6 heteroatoms. The second kappa shape index (κ2) is 5.01. The molecule has 1 saturated heterocycles. The van der Waals surface area contributed by atoms with Gasteiger partial charge in [-0.2, -0.15) is 13.2 Å². The Kier molecular flexibility index (Phi) is 3.63. The van der Waals surface area contributed by atoms with Crippen molar-refractivity contribution >= 4 is 0 Å². The first kappa shape index (κ1) is 12.3. The smallest absolute Gasteiger partial charge is 0.314 e. The lowest BCUT2D eigenvalue weighted by molar-refractivity contribution is -0.141. The number of nitrogens with zero attached hydrogens (tertiary/aromatic N) is 2. The molecular formula is C11H14F3N3. The van der Waals surface area contributed by atoms with Gasteiger partial charge in [0.25, 0.3) is 0 Å². The topological polar surface area (TPSA) is 28.2 Å². The Balaban J connectivity index is 2.05. The lowest BCUT2D eigenvalue weighted by atomic mass is 10.2. The molecule has 0 spiro atoms. The van der Waals surface area contributed by atoms with Crippen LogP contribution in [0, 0.1) is 0 Å². The zero-order valence-corrected chi connectivity index (χ0v) is 9.30. The van der Waals surface area contributed by atoms with Crippen molar-refractivity contribution in [1.82, 2.24) is 15.2 Å². The van der Waals surface area contributed by atoms with Gasteiger partial charge in [0, 0.05) is 32.7 Å². The summed E-state index contributed by atoms with van der Waals surface area (Å²) in [7, 11) is 0. The lowest BCUT2D eigenvalue weighted by Gasteiger charge is -2.26. The quantitative estimate of drug-likeness (QED) is 0.856. The molecule has 1 N–H and O–H groups in total. The molecule has 0 unspecified atom stereocenters. The van der Waals surface area contributed by atoms with Crippen LogP contribution < -0.4 is 5.32 Å². The van der Waals surface area contributed by atoms with Gasteiger partial charge in [-0.15, -0.1) is 0 Å². The van der Waals surface area contributed by atoms with Crippen LogP contribution >= 0.6 is 0 Å². The van der Waals surface area contributed by atoms with Crippen molar-refractivity contribution in [2.75, 3.05) is 26.2 Å². The summed E-state index contributed by atoms with van der Waals surface area (Å²) in [5.41, 5.74) is -0.341. The summed E-state index contributed by atoms with van der Waals surface area (Å²) in [6.07, 6.45) is -4.36. The van der Waals surface area contributed by atoms with Gasteiger partial charge in [-0.1, -0.05) is 6.07 Å². The average Bonchev–Trinajstić information content (AvgIpc) is 2.29. The molecule has 0 bridgehead atoms. The van der Waals surface area contributed by atoms with Crippen LogP contribution in [0.15, 0.2) is 18.2 Å². The molecule has 94 valence electrons. The van der Waals surface area contributed by atoms with E-state index in [2.05, 4.69) is 15.2 Å². The highest BCUT2D eigenvalue weighted by molar-refractivity contribution is 5.13. The maximum Gasteiger partial charge on any atom is 0.433 e. The van der Waals surface area contributed by atoms with Gasteiger partial charge in [0.15, 0.2) is 0 Å². The fourth-order valence-electron chi connectivity index (χ4n) is 1.82. The highest BCUT2D eigenvalue weighted by Crippen LogP contribution is 2.27. The van der Waals surface area contributed by atoms with E-state index >= 15 is 0 Å². The second-order valence-electron chi connectivity index (χ2n) is 4.04. The fourth-order valence-corrected chi connectivity index (χ4v) is 1.82. The summed E-state index contributed by atoms with van der Waals surface area (Å²) in [4.78, 5) is 5.75. The molecule has 3 nitrogen and oxygen atoms in total. The summed E-state index contributed by atoms with van der Waals surface area (Å²) < 4.78 is 37.4. The molecule has 1 aromatic rings. The molecule has 1 aliphatic heterocycles. The van der Waals surface area contributed by atoms with Crippen LogP contribution in [0.25, 0.3) is 0 Å². The van der Waals surface area contributed by atoms with Crippen LogP contribution in [0.1, 0.15) is 11.4 Å². The normalized spacial score (nSPS) is 18.3. The van der Waals surface area contributed by atoms with Gasteiger partial charge in [0.2, 0.25) is 0 Å². The van der Waals surface area contributed by atoms with Crippen LogP contribution in [-0.2, 0) is 12.7 Å². The molecule has 0 radical (unpaired) electrons. The van der Waals surface area contributed by atoms with Crippen molar-refractivity contribution < 1.29 is 13.2 Å². The van der Waals surface area contributed by atoms with Crippen molar-refractivity contribution in [2.24, 2.45) is 0 Å². The summed E-state index contributed by atoms with van der Waals surface area (Å²) >= 11 is 0. The van der Waals surface area contributed by atoms with Crippen LogP contribution in [0.2, 0.25) is 0 Å². The van der Waals surface area contributed by atoms with Gasteiger partial charge in [0.05, 0.1) is 5.69 Å².